The van der Waals surface area contributed by atoms with Crippen molar-refractivity contribution in [2.45, 2.75) is 0 Å². The fraction of sp³-hybridized carbons (Fsp3) is 0. The molecule has 0 N–H and O–H groups in total. The lowest BCUT2D eigenvalue weighted by Crippen LogP contribution is -2.00. The van der Waals surface area contributed by atoms with Crippen molar-refractivity contribution in [2.24, 2.45) is 0 Å². The molecule has 10 nitrogen and oxygen atoms in total. The summed E-state index contributed by atoms with van der Waals surface area (Å²) in [6.45, 7) is 0. The van der Waals surface area contributed by atoms with Crippen LogP contribution in [0.1, 0.15) is 0 Å². The third-order valence-corrected chi connectivity index (χ3v) is 26.1. The van der Waals surface area contributed by atoms with E-state index >= 15 is 0 Å². The van der Waals surface area contributed by atoms with E-state index in [0.717, 1.165) is 138 Å². The van der Waals surface area contributed by atoms with E-state index in [2.05, 4.69) is 231 Å². The topological polar surface area (TPSA) is 129 Å². The molecule has 0 atom stereocenters. The fourth-order valence-electron chi connectivity index (χ4n) is 15.8. The van der Waals surface area contributed by atoms with Gasteiger partial charge in [-0.25, -0.2) is 49.8 Å². The Balaban J connectivity index is 0.000000143. The Morgan fingerprint density at radius 2 is 0.458 bits per heavy atom. The van der Waals surface area contributed by atoms with Crippen LogP contribution in [0.3, 0.4) is 0 Å². The molecule has 23 rings (SSSR count). The zero-order valence-electron chi connectivity index (χ0n) is 62.9. The van der Waals surface area contributed by atoms with Gasteiger partial charge in [0.1, 0.15) is 0 Å². The highest BCUT2D eigenvalue weighted by Crippen LogP contribution is 2.47. The van der Waals surface area contributed by atoms with Crippen LogP contribution in [0.15, 0.2) is 376 Å². The van der Waals surface area contributed by atoms with Crippen molar-refractivity contribution in [1.82, 2.24) is 49.8 Å². The molecule has 8 heterocycles. The summed E-state index contributed by atoms with van der Waals surface area (Å²) in [6.07, 6.45) is 0. The van der Waals surface area contributed by atoms with Crippen molar-refractivity contribution in [1.29, 1.82) is 0 Å². The zero-order chi connectivity index (χ0) is 78.0. The van der Waals surface area contributed by atoms with Gasteiger partial charge in [-0.05, 0) is 75.8 Å². The highest BCUT2D eigenvalue weighted by Gasteiger charge is 2.24. The first kappa shape index (κ1) is 70.0. The van der Waals surface area contributed by atoms with Gasteiger partial charge in [0.15, 0.2) is 46.6 Å². The van der Waals surface area contributed by atoms with Gasteiger partial charge in [-0.1, -0.05) is 334 Å². The largest absolute Gasteiger partial charge is 0.226 e. The monoisotopic (exact) mass is 1580 g/mol. The van der Waals surface area contributed by atoms with E-state index in [1.54, 1.807) is 34.0 Å². The molecule has 8 aromatic heterocycles. The predicted octanol–water partition coefficient (Wildman–Crippen LogP) is 28.5. The predicted molar refractivity (Wildman–Crippen MR) is 493 cm³/mol. The van der Waals surface area contributed by atoms with Gasteiger partial charge in [0.25, 0.3) is 0 Å². The first-order valence-corrected chi connectivity index (χ1v) is 42.2. The Morgan fingerprint density at radius 1 is 0.153 bits per heavy atom. The molecule has 0 spiro atoms. The lowest BCUT2D eigenvalue weighted by molar-refractivity contribution is 1.07. The molecule has 552 valence electrons. The van der Waals surface area contributed by atoms with E-state index in [0.29, 0.717) is 34.9 Å². The van der Waals surface area contributed by atoms with Gasteiger partial charge in [0.2, 0.25) is 0 Å². The molecule has 14 heteroatoms. The SMILES string of the molecule is c1ccc(-c2cccc(-c3nc(-c4ccc(-c5ccc6c(c5)sc5cccc(-c7nc(-c8ccccc8)nc(-c8ccccc8)n7)c56)cc4)c4sc5ccccc5c4n3)c2)cc1.c1ccc(-c2nc(-c3ccccc3)nc(-c3ccc(-c4cccc5sc6cc(-c7nc(-c8ccccc8)nc8c7sc7ccccc78)ccc6c45)cc3)n2)cc1. The molecule has 0 saturated carbocycles. The Labute approximate surface area is 693 Å². The van der Waals surface area contributed by atoms with Crippen LogP contribution in [0.2, 0.25) is 0 Å². The summed E-state index contributed by atoms with van der Waals surface area (Å²) in [7, 11) is 0. The van der Waals surface area contributed by atoms with Gasteiger partial charge in [-0.15, -0.1) is 45.3 Å². The van der Waals surface area contributed by atoms with Crippen LogP contribution in [-0.4, -0.2) is 49.8 Å². The van der Waals surface area contributed by atoms with E-state index in [1.165, 1.54) is 55.5 Å². The molecular weight excluding hydrogens is 1520 g/mol. The van der Waals surface area contributed by atoms with Crippen LogP contribution in [-0.2, 0) is 0 Å². The molecule has 0 unspecified atom stereocenters. The Bertz CT molecular complexity index is 7660. The van der Waals surface area contributed by atoms with Gasteiger partial charge in [0, 0.05) is 116 Å². The maximum atomic E-state index is 5.30. The number of fused-ring (bicyclic) bond motifs is 12. The number of nitrogens with zero attached hydrogens (tertiary/aromatic N) is 10. The molecule has 0 aliphatic rings. The zero-order valence-corrected chi connectivity index (χ0v) is 66.2. The van der Waals surface area contributed by atoms with Gasteiger partial charge < -0.3 is 0 Å². The number of hydrogen-bond acceptors (Lipinski definition) is 14. The van der Waals surface area contributed by atoms with E-state index < -0.39 is 0 Å². The summed E-state index contributed by atoms with van der Waals surface area (Å²) in [5, 5.41) is 7.13. The third kappa shape index (κ3) is 13.1. The van der Waals surface area contributed by atoms with Gasteiger partial charge >= 0.3 is 0 Å². The van der Waals surface area contributed by atoms with E-state index in [-0.39, 0.29) is 0 Å². The van der Waals surface area contributed by atoms with Gasteiger partial charge in [0.05, 0.1) is 31.8 Å². The van der Waals surface area contributed by atoms with Crippen LogP contribution in [0.4, 0.5) is 0 Å². The number of benzene rings is 15. The molecule has 0 bridgehead atoms. The number of hydrogen-bond donors (Lipinski definition) is 0. The first-order chi connectivity index (χ1) is 58.4. The second-order valence-corrected chi connectivity index (χ2v) is 33.1. The molecule has 0 fully saturated rings. The summed E-state index contributed by atoms with van der Waals surface area (Å²) in [5.74, 6) is 5.37. The molecule has 0 saturated heterocycles. The molecule has 0 aliphatic heterocycles. The minimum absolute atomic E-state index is 0.642. The fourth-order valence-corrected chi connectivity index (χ4v) is 20.4. The Kier molecular flexibility index (Phi) is 17.8. The maximum Gasteiger partial charge on any atom is 0.164 e. The Morgan fingerprint density at radius 3 is 0.949 bits per heavy atom. The van der Waals surface area contributed by atoms with E-state index in [9.17, 15) is 0 Å². The Hall–Kier alpha value is -14.6. The summed E-state index contributed by atoms with van der Waals surface area (Å²) in [6, 6.07) is 131. The number of aromatic nitrogens is 10. The van der Waals surface area contributed by atoms with Gasteiger partial charge in [-0.3, -0.25) is 0 Å². The van der Waals surface area contributed by atoms with Crippen LogP contribution in [0, 0.1) is 0 Å². The second-order valence-electron chi connectivity index (χ2n) is 28.9. The molecule has 15 aromatic carbocycles. The third-order valence-electron chi connectivity index (χ3n) is 21.6. The van der Waals surface area contributed by atoms with E-state index in [1.807, 2.05) is 157 Å². The van der Waals surface area contributed by atoms with Crippen molar-refractivity contribution in [3.8, 4) is 147 Å². The standard InChI is InChI=1S/C55H33N5S2.C49H29N5S2/c1-4-14-34(15-5-1)39-20-12-21-41(32-39)54-56-49(51-50(57-54)43-22-10-11-24-45(43)62-51)36-28-26-35(27-29-36)40-30-31-42-47(33-40)61-46-25-13-23-44(48(42)46)55-59-52(37-16-6-2-7-17-37)58-53(60-55)38-18-8-3-9-19-38;1-4-13-31(14-5-1)46-50-43(45-44(51-46)38-19-10-11-21-39(38)56-45)35-27-28-37-41(29-35)55-40-22-12-20-36(42(37)40)30-23-25-34(26-24-30)49-53-47(32-15-6-2-7-16-32)52-48(54-49)33-17-8-3-9-18-33/h1-33H;1-29H. The van der Waals surface area contributed by atoms with Gasteiger partial charge in [-0.2, -0.15) is 0 Å². The quantitative estimate of drug-likeness (QED) is 0.110. The van der Waals surface area contributed by atoms with Crippen LogP contribution >= 0.6 is 45.3 Å². The van der Waals surface area contributed by atoms with Crippen LogP contribution in [0.25, 0.3) is 228 Å². The van der Waals surface area contributed by atoms with Crippen molar-refractivity contribution >= 4 is 126 Å². The maximum absolute atomic E-state index is 5.30. The molecule has 0 amide bonds. The van der Waals surface area contributed by atoms with Crippen molar-refractivity contribution in [3.05, 3.63) is 376 Å². The second kappa shape index (κ2) is 30.0. The number of rotatable bonds is 13. The molecule has 118 heavy (non-hydrogen) atoms. The first-order valence-electron chi connectivity index (χ1n) is 38.9. The lowest BCUT2D eigenvalue weighted by Gasteiger charge is -2.10. The normalized spacial score (nSPS) is 11.6. The summed E-state index contributed by atoms with van der Waals surface area (Å²) in [5.41, 5.74) is 20.7. The smallest absolute Gasteiger partial charge is 0.164 e. The summed E-state index contributed by atoms with van der Waals surface area (Å²) in [4.78, 5) is 50.7. The average Bonchev–Trinajstić information content (AvgIpc) is 1.60. The average molecular weight is 1580 g/mol. The summed E-state index contributed by atoms with van der Waals surface area (Å²) < 4.78 is 9.48. The molecule has 0 aliphatic carbocycles. The van der Waals surface area contributed by atoms with Crippen molar-refractivity contribution in [2.75, 3.05) is 0 Å². The summed E-state index contributed by atoms with van der Waals surface area (Å²) >= 11 is 7.13. The van der Waals surface area contributed by atoms with E-state index in [4.69, 9.17) is 49.8 Å². The highest BCUT2D eigenvalue weighted by atomic mass is 32.1. The lowest BCUT2D eigenvalue weighted by atomic mass is 9.97. The number of thiophene rings is 4. The minimum atomic E-state index is 0.642. The molecule has 0 radical (unpaired) electrons. The van der Waals surface area contributed by atoms with Crippen LogP contribution in [0.5, 0.6) is 0 Å². The van der Waals surface area contributed by atoms with Crippen molar-refractivity contribution < 1.29 is 0 Å². The van der Waals surface area contributed by atoms with Crippen molar-refractivity contribution in [3.63, 3.8) is 0 Å². The minimum Gasteiger partial charge on any atom is -0.226 e. The molecular formula is C104H62N10S4. The molecule has 23 aromatic rings. The highest BCUT2D eigenvalue weighted by molar-refractivity contribution is 7.27. The van der Waals surface area contributed by atoms with Crippen LogP contribution < -0.4 is 0 Å².